The van der Waals surface area contributed by atoms with Crippen molar-refractivity contribution < 1.29 is 9.13 Å². The molecule has 0 aliphatic rings. The summed E-state index contributed by atoms with van der Waals surface area (Å²) in [5.41, 5.74) is 0.0953. The van der Waals surface area contributed by atoms with Gasteiger partial charge in [-0.25, -0.2) is 9.18 Å². The molecule has 0 amide bonds. The summed E-state index contributed by atoms with van der Waals surface area (Å²) in [7, 11) is 3.19. The Bertz CT molecular complexity index is 1320. The van der Waals surface area contributed by atoms with Crippen LogP contribution in [0.4, 0.5) is 4.39 Å². The van der Waals surface area contributed by atoms with Crippen molar-refractivity contribution in [3.63, 3.8) is 0 Å². The van der Waals surface area contributed by atoms with Gasteiger partial charge in [-0.1, -0.05) is 28.1 Å². The highest BCUT2D eigenvalue weighted by Crippen LogP contribution is 2.24. The lowest BCUT2D eigenvalue weighted by Gasteiger charge is -2.09. The fraction of sp³-hybridized carbons (Fsp3) is 0.150. The van der Waals surface area contributed by atoms with E-state index < -0.39 is 11.2 Å². The average Bonchev–Trinajstić information content (AvgIpc) is 3.03. The molecule has 0 N–H and O–H groups in total. The zero-order chi connectivity index (χ0) is 20.7. The van der Waals surface area contributed by atoms with Gasteiger partial charge in [0, 0.05) is 18.6 Å². The van der Waals surface area contributed by atoms with E-state index in [1.165, 1.54) is 33.4 Å². The maximum absolute atomic E-state index is 13.2. The molecule has 148 valence electrons. The average molecular weight is 459 g/mol. The van der Waals surface area contributed by atoms with Crippen molar-refractivity contribution in [1.82, 2.24) is 18.7 Å². The second-order valence-corrected chi connectivity index (χ2v) is 7.46. The number of imidazole rings is 1. The molecule has 0 aliphatic carbocycles. The van der Waals surface area contributed by atoms with E-state index in [0.29, 0.717) is 11.3 Å². The molecular formula is C20H16BrFN4O3. The van der Waals surface area contributed by atoms with E-state index in [4.69, 9.17) is 4.74 Å². The van der Waals surface area contributed by atoms with Gasteiger partial charge in [0.25, 0.3) is 5.56 Å². The molecule has 0 unspecified atom stereocenters. The molecule has 0 atom stereocenters. The normalized spacial score (nSPS) is 11.2. The topological polar surface area (TPSA) is 71.1 Å². The summed E-state index contributed by atoms with van der Waals surface area (Å²) in [5.74, 6) is 0.161. The quantitative estimate of drug-likeness (QED) is 0.470. The first kappa shape index (κ1) is 19.1. The van der Waals surface area contributed by atoms with E-state index >= 15 is 0 Å². The molecule has 7 nitrogen and oxygen atoms in total. The van der Waals surface area contributed by atoms with Gasteiger partial charge in [0.2, 0.25) is 0 Å². The van der Waals surface area contributed by atoms with E-state index in [1.54, 1.807) is 26.2 Å². The molecule has 0 saturated carbocycles. The Hall–Kier alpha value is -3.20. The highest BCUT2D eigenvalue weighted by molar-refractivity contribution is 9.10. The van der Waals surface area contributed by atoms with Crippen molar-refractivity contribution in [3.8, 4) is 11.8 Å². The molecule has 9 heteroatoms. The summed E-state index contributed by atoms with van der Waals surface area (Å²) in [4.78, 5) is 30.1. The van der Waals surface area contributed by atoms with Gasteiger partial charge >= 0.3 is 11.7 Å². The minimum atomic E-state index is -0.514. The number of hydrogen-bond acceptors (Lipinski definition) is 4. The Kier molecular flexibility index (Phi) is 4.83. The number of hydrogen-bond donors (Lipinski definition) is 0. The van der Waals surface area contributed by atoms with Crippen molar-refractivity contribution in [3.05, 3.63) is 85.2 Å². The van der Waals surface area contributed by atoms with Gasteiger partial charge in [0.05, 0.1) is 6.54 Å². The van der Waals surface area contributed by atoms with Crippen LogP contribution in [0.2, 0.25) is 0 Å². The van der Waals surface area contributed by atoms with E-state index in [0.717, 1.165) is 9.04 Å². The molecule has 2 aromatic carbocycles. The lowest BCUT2D eigenvalue weighted by molar-refractivity contribution is 0.427. The monoisotopic (exact) mass is 458 g/mol. The SMILES string of the molecule is Cn1c(Oc2ccc(Br)cc2)nc2c1c(=O)n(Cc1ccc(F)cc1)c(=O)n2C. The Labute approximate surface area is 172 Å². The van der Waals surface area contributed by atoms with Crippen LogP contribution in [-0.4, -0.2) is 18.7 Å². The number of halogens is 2. The number of ether oxygens (including phenoxy) is 1. The van der Waals surface area contributed by atoms with Gasteiger partial charge in [-0.05, 0) is 42.0 Å². The van der Waals surface area contributed by atoms with Crippen LogP contribution in [-0.2, 0) is 20.6 Å². The molecule has 0 spiro atoms. The predicted molar refractivity (Wildman–Crippen MR) is 110 cm³/mol. The van der Waals surface area contributed by atoms with Gasteiger partial charge in [-0.15, -0.1) is 0 Å². The molecule has 0 bridgehead atoms. The predicted octanol–water partition coefficient (Wildman–Crippen LogP) is 3.18. The molecule has 2 aromatic heterocycles. The molecule has 0 fully saturated rings. The van der Waals surface area contributed by atoms with E-state index in [-0.39, 0.29) is 29.5 Å². The van der Waals surface area contributed by atoms with Crippen LogP contribution in [0.5, 0.6) is 11.8 Å². The van der Waals surface area contributed by atoms with Crippen LogP contribution >= 0.6 is 15.9 Å². The largest absolute Gasteiger partial charge is 0.425 e. The van der Waals surface area contributed by atoms with Crippen LogP contribution < -0.4 is 16.0 Å². The van der Waals surface area contributed by atoms with E-state index in [9.17, 15) is 14.0 Å². The van der Waals surface area contributed by atoms with Crippen LogP contribution in [0.15, 0.2) is 62.6 Å². The lowest BCUT2D eigenvalue weighted by Crippen LogP contribution is -2.39. The van der Waals surface area contributed by atoms with Crippen LogP contribution in [0.3, 0.4) is 0 Å². The Morgan fingerprint density at radius 2 is 1.66 bits per heavy atom. The van der Waals surface area contributed by atoms with Crippen molar-refractivity contribution in [2.75, 3.05) is 0 Å². The van der Waals surface area contributed by atoms with Crippen LogP contribution in [0.1, 0.15) is 5.56 Å². The maximum Gasteiger partial charge on any atom is 0.332 e. The highest BCUT2D eigenvalue weighted by atomic mass is 79.9. The summed E-state index contributed by atoms with van der Waals surface area (Å²) in [6, 6.07) is 13.0. The molecule has 4 rings (SSSR count). The zero-order valence-corrected chi connectivity index (χ0v) is 17.2. The number of aromatic nitrogens is 4. The van der Waals surface area contributed by atoms with Gasteiger partial charge in [0.15, 0.2) is 11.2 Å². The van der Waals surface area contributed by atoms with Gasteiger partial charge in [-0.3, -0.25) is 18.5 Å². The van der Waals surface area contributed by atoms with Crippen molar-refractivity contribution >= 4 is 27.1 Å². The molecule has 2 heterocycles. The lowest BCUT2D eigenvalue weighted by atomic mass is 10.2. The number of fused-ring (bicyclic) bond motifs is 1. The van der Waals surface area contributed by atoms with E-state index in [1.807, 2.05) is 12.1 Å². The molecule has 4 aromatic rings. The van der Waals surface area contributed by atoms with Crippen LogP contribution in [0.25, 0.3) is 11.2 Å². The standard InChI is InChI=1S/C20H16BrFN4O3/c1-24-16-17(23-19(24)29-15-9-5-13(21)6-10-15)25(2)20(28)26(18(16)27)11-12-3-7-14(22)8-4-12/h3-10H,11H2,1-2H3. The Morgan fingerprint density at radius 1 is 1.00 bits per heavy atom. The third kappa shape index (κ3) is 3.49. The summed E-state index contributed by atoms with van der Waals surface area (Å²) < 4.78 is 23.8. The maximum atomic E-state index is 13.2. The summed E-state index contributed by atoms with van der Waals surface area (Å²) >= 11 is 3.36. The first-order valence-corrected chi connectivity index (χ1v) is 9.48. The summed E-state index contributed by atoms with van der Waals surface area (Å²) in [6.07, 6.45) is 0. The Balaban J connectivity index is 1.82. The highest BCUT2D eigenvalue weighted by Gasteiger charge is 2.19. The fourth-order valence-electron chi connectivity index (χ4n) is 3.03. The number of nitrogens with zero attached hydrogens (tertiary/aromatic N) is 4. The minimum absolute atomic E-state index is 0.0236. The molecule has 0 aliphatic heterocycles. The summed E-state index contributed by atoms with van der Waals surface area (Å²) in [5, 5.41) is 0. The second kappa shape index (κ2) is 7.32. The number of aryl methyl sites for hydroxylation is 2. The molecule has 0 radical (unpaired) electrons. The van der Waals surface area contributed by atoms with Crippen molar-refractivity contribution in [1.29, 1.82) is 0 Å². The third-order valence-electron chi connectivity index (χ3n) is 4.60. The van der Waals surface area contributed by atoms with Crippen molar-refractivity contribution in [2.24, 2.45) is 14.1 Å². The minimum Gasteiger partial charge on any atom is -0.425 e. The summed E-state index contributed by atoms with van der Waals surface area (Å²) in [6.45, 7) is 0.0236. The van der Waals surface area contributed by atoms with Gasteiger partial charge < -0.3 is 4.74 Å². The van der Waals surface area contributed by atoms with Gasteiger partial charge in [-0.2, -0.15) is 4.98 Å². The zero-order valence-electron chi connectivity index (χ0n) is 15.6. The second-order valence-electron chi connectivity index (χ2n) is 6.54. The smallest absolute Gasteiger partial charge is 0.332 e. The van der Waals surface area contributed by atoms with Crippen LogP contribution in [0, 0.1) is 5.82 Å². The number of rotatable bonds is 4. The van der Waals surface area contributed by atoms with Crippen molar-refractivity contribution in [2.45, 2.75) is 6.54 Å². The molecule has 29 heavy (non-hydrogen) atoms. The van der Waals surface area contributed by atoms with E-state index in [2.05, 4.69) is 20.9 Å². The van der Waals surface area contributed by atoms with Gasteiger partial charge in [0.1, 0.15) is 11.6 Å². The third-order valence-corrected chi connectivity index (χ3v) is 5.12. The Morgan fingerprint density at radius 3 is 2.31 bits per heavy atom. The first-order valence-electron chi connectivity index (χ1n) is 8.69. The number of benzene rings is 2. The molecular weight excluding hydrogens is 443 g/mol. The first-order chi connectivity index (χ1) is 13.8. The molecule has 0 saturated heterocycles. The fourth-order valence-corrected chi connectivity index (χ4v) is 3.30.